The van der Waals surface area contributed by atoms with Crippen molar-refractivity contribution >= 4 is 33.7 Å². The fourth-order valence-corrected chi connectivity index (χ4v) is 5.22. The van der Waals surface area contributed by atoms with Crippen LogP contribution in [0.25, 0.3) is 0 Å². The van der Waals surface area contributed by atoms with E-state index in [-0.39, 0.29) is 23.7 Å². The number of furan rings is 1. The van der Waals surface area contributed by atoms with Crippen LogP contribution >= 0.6 is 0 Å². The normalized spacial score (nSPS) is 11.5. The molecule has 0 aliphatic rings. The Morgan fingerprint density at radius 3 is 2.34 bits per heavy atom. The number of para-hydroxylation sites is 2. The Labute approximate surface area is 238 Å². The molecule has 0 unspecified atom stereocenters. The van der Waals surface area contributed by atoms with Gasteiger partial charge in [0.05, 0.1) is 29.9 Å². The van der Waals surface area contributed by atoms with Crippen molar-refractivity contribution in [1.29, 1.82) is 0 Å². The number of rotatable bonds is 11. The number of aryl methyl sites for hydroxylation is 1. The number of anilines is 1. The molecule has 0 bridgehead atoms. The summed E-state index contributed by atoms with van der Waals surface area (Å²) >= 11 is 0. The van der Waals surface area contributed by atoms with E-state index in [1.165, 1.54) is 10.5 Å². The molecule has 3 aromatic carbocycles. The SMILES string of the molecule is CCOc1ccccc1NC(=O)C(=O)N/N=C/c1ccc(CN(Cc2ccccc2)S(=O)(=O)c2ccc(C)cc2)o1. The van der Waals surface area contributed by atoms with Gasteiger partial charge >= 0.3 is 11.8 Å². The Morgan fingerprint density at radius 2 is 1.61 bits per heavy atom. The number of hydrogen-bond acceptors (Lipinski definition) is 7. The maximum Gasteiger partial charge on any atom is 0.329 e. The fraction of sp³-hybridized carbons (Fsp3) is 0.167. The number of sulfonamides is 1. The average Bonchev–Trinajstić information content (AvgIpc) is 3.41. The van der Waals surface area contributed by atoms with Crippen molar-refractivity contribution in [1.82, 2.24) is 9.73 Å². The van der Waals surface area contributed by atoms with E-state index in [1.54, 1.807) is 60.7 Å². The molecular weight excluding hydrogens is 544 g/mol. The minimum atomic E-state index is -3.85. The van der Waals surface area contributed by atoms with E-state index < -0.39 is 21.8 Å². The third-order valence-corrected chi connectivity index (χ3v) is 7.68. The van der Waals surface area contributed by atoms with E-state index in [0.29, 0.717) is 23.8 Å². The molecule has 0 atom stereocenters. The number of hydrazone groups is 1. The number of benzene rings is 3. The van der Waals surface area contributed by atoms with Gasteiger partial charge in [0.2, 0.25) is 10.0 Å². The molecule has 10 nitrogen and oxygen atoms in total. The van der Waals surface area contributed by atoms with Gasteiger partial charge in [0, 0.05) is 6.54 Å². The Morgan fingerprint density at radius 1 is 0.902 bits per heavy atom. The largest absolute Gasteiger partial charge is 0.492 e. The first-order valence-corrected chi connectivity index (χ1v) is 14.3. The second-order valence-corrected chi connectivity index (χ2v) is 10.9. The van der Waals surface area contributed by atoms with Gasteiger partial charge in [-0.15, -0.1) is 0 Å². The van der Waals surface area contributed by atoms with Crippen LogP contribution in [-0.2, 0) is 32.7 Å². The Bertz CT molecular complexity index is 1620. The summed E-state index contributed by atoms with van der Waals surface area (Å²) in [5.74, 6) is -0.845. The lowest BCUT2D eigenvalue weighted by molar-refractivity contribution is -0.136. The van der Waals surface area contributed by atoms with Crippen LogP contribution in [0.1, 0.15) is 29.6 Å². The number of carbonyl (C=O) groups excluding carboxylic acids is 2. The number of nitrogens with zero attached hydrogens (tertiary/aromatic N) is 2. The van der Waals surface area contributed by atoms with Crippen LogP contribution in [0.5, 0.6) is 5.75 Å². The molecule has 212 valence electrons. The number of hydrogen-bond donors (Lipinski definition) is 2. The first kappa shape index (κ1) is 29.2. The predicted molar refractivity (Wildman–Crippen MR) is 155 cm³/mol. The van der Waals surface area contributed by atoms with Crippen molar-refractivity contribution in [2.24, 2.45) is 5.10 Å². The third-order valence-electron chi connectivity index (χ3n) is 5.87. The molecule has 0 spiro atoms. The van der Waals surface area contributed by atoms with Gasteiger partial charge in [-0.05, 0) is 55.8 Å². The maximum absolute atomic E-state index is 13.5. The number of ether oxygens (including phenoxy) is 1. The average molecular weight is 575 g/mol. The topological polar surface area (TPSA) is 130 Å². The van der Waals surface area contributed by atoms with Crippen molar-refractivity contribution < 1.29 is 27.2 Å². The van der Waals surface area contributed by atoms with Crippen molar-refractivity contribution in [3.63, 3.8) is 0 Å². The lowest BCUT2D eigenvalue weighted by Crippen LogP contribution is -2.32. The second kappa shape index (κ2) is 13.6. The van der Waals surface area contributed by atoms with Gasteiger partial charge in [0.1, 0.15) is 17.3 Å². The highest BCUT2D eigenvalue weighted by molar-refractivity contribution is 7.89. The first-order chi connectivity index (χ1) is 19.8. The minimum Gasteiger partial charge on any atom is -0.492 e. The molecule has 1 aromatic heterocycles. The zero-order chi connectivity index (χ0) is 29.2. The second-order valence-electron chi connectivity index (χ2n) is 8.96. The summed E-state index contributed by atoms with van der Waals surface area (Å²) in [6.45, 7) is 4.20. The molecule has 4 aromatic rings. The Hall–Kier alpha value is -4.74. The van der Waals surface area contributed by atoms with E-state index in [0.717, 1.165) is 11.1 Å². The van der Waals surface area contributed by atoms with E-state index in [1.807, 2.05) is 44.2 Å². The van der Waals surface area contributed by atoms with Crippen molar-refractivity contribution in [2.75, 3.05) is 11.9 Å². The van der Waals surface area contributed by atoms with Gasteiger partial charge in [0.25, 0.3) is 0 Å². The molecule has 0 saturated carbocycles. The van der Waals surface area contributed by atoms with Gasteiger partial charge in [-0.3, -0.25) is 9.59 Å². The summed E-state index contributed by atoms with van der Waals surface area (Å²) in [7, 11) is -3.85. The minimum absolute atomic E-state index is 0.0348. The van der Waals surface area contributed by atoms with Crippen molar-refractivity contribution in [3.05, 3.63) is 114 Å². The zero-order valence-corrected chi connectivity index (χ0v) is 23.4. The summed E-state index contributed by atoms with van der Waals surface area (Å²) in [5.41, 5.74) is 4.28. The summed E-state index contributed by atoms with van der Waals surface area (Å²) < 4.78 is 39.6. The number of carbonyl (C=O) groups is 2. The molecule has 0 saturated heterocycles. The van der Waals surface area contributed by atoms with Crippen molar-refractivity contribution in [2.45, 2.75) is 31.8 Å². The molecule has 4 rings (SSSR count). The molecular formula is C30H30N4O6S. The Balaban J connectivity index is 1.42. The van der Waals surface area contributed by atoms with Crippen LogP contribution in [0.15, 0.2) is 105 Å². The Kier molecular flexibility index (Phi) is 9.67. The van der Waals surface area contributed by atoms with E-state index >= 15 is 0 Å². The van der Waals surface area contributed by atoms with E-state index in [2.05, 4.69) is 15.8 Å². The highest BCUT2D eigenvalue weighted by atomic mass is 32.2. The molecule has 0 fully saturated rings. The number of nitrogens with one attached hydrogen (secondary N) is 2. The smallest absolute Gasteiger partial charge is 0.329 e. The van der Waals surface area contributed by atoms with E-state index in [9.17, 15) is 18.0 Å². The van der Waals surface area contributed by atoms with E-state index in [4.69, 9.17) is 9.15 Å². The highest BCUT2D eigenvalue weighted by Gasteiger charge is 2.26. The fourth-order valence-electron chi connectivity index (χ4n) is 3.83. The molecule has 1 heterocycles. The zero-order valence-electron chi connectivity index (χ0n) is 22.6. The predicted octanol–water partition coefficient (Wildman–Crippen LogP) is 4.47. The summed E-state index contributed by atoms with van der Waals surface area (Å²) in [5, 5.41) is 6.27. The monoisotopic (exact) mass is 574 g/mol. The first-order valence-electron chi connectivity index (χ1n) is 12.8. The third kappa shape index (κ3) is 7.90. The van der Waals surface area contributed by atoms with Gasteiger partial charge in [-0.1, -0.05) is 60.2 Å². The summed E-state index contributed by atoms with van der Waals surface area (Å²) in [4.78, 5) is 24.7. The van der Waals surface area contributed by atoms with Crippen LogP contribution in [0.4, 0.5) is 5.69 Å². The molecule has 41 heavy (non-hydrogen) atoms. The van der Waals surface area contributed by atoms with Crippen LogP contribution in [0.3, 0.4) is 0 Å². The number of amides is 2. The lowest BCUT2D eigenvalue weighted by atomic mass is 10.2. The van der Waals surface area contributed by atoms with Gasteiger partial charge in [-0.25, -0.2) is 13.8 Å². The molecule has 0 radical (unpaired) electrons. The summed E-state index contributed by atoms with van der Waals surface area (Å²) in [6.07, 6.45) is 1.22. The van der Waals surface area contributed by atoms with Gasteiger partial charge in [-0.2, -0.15) is 9.41 Å². The molecule has 11 heteroatoms. The molecule has 0 aliphatic heterocycles. The quantitative estimate of drug-likeness (QED) is 0.154. The molecule has 2 amide bonds. The molecule has 0 aliphatic carbocycles. The van der Waals surface area contributed by atoms with Gasteiger partial charge < -0.3 is 14.5 Å². The van der Waals surface area contributed by atoms with Gasteiger partial charge in [0.15, 0.2) is 0 Å². The van der Waals surface area contributed by atoms with Crippen LogP contribution in [0, 0.1) is 6.92 Å². The summed E-state index contributed by atoms with van der Waals surface area (Å²) in [6, 6.07) is 25.9. The maximum atomic E-state index is 13.5. The van der Waals surface area contributed by atoms with Crippen LogP contribution in [-0.4, -0.2) is 37.4 Å². The molecule has 2 N–H and O–H groups in total. The van der Waals surface area contributed by atoms with Crippen molar-refractivity contribution in [3.8, 4) is 5.75 Å². The standard InChI is InChI=1S/C30H30N4O6S/c1-3-39-28-12-8-7-11-27(28)32-29(35)30(36)33-31-19-24-15-16-25(40-24)21-34(20-23-9-5-4-6-10-23)41(37,38)26-17-13-22(2)14-18-26/h4-19H,3,20-21H2,1-2H3,(H,32,35)(H,33,36)/b31-19+. The highest BCUT2D eigenvalue weighted by Crippen LogP contribution is 2.24. The lowest BCUT2D eigenvalue weighted by Gasteiger charge is -2.21. The van der Waals surface area contributed by atoms with Crippen LogP contribution < -0.4 is 15.5 Å². The van der Waals surface area contributed by atoms with Crippen LogP contribution in [0.2, 0.25) is 0 Å².